The van der Waals surface area contributed by atoms with E-state index in [0.717, 1.165) is 11.4 Å². The van der Waals surface area contributed by atoms with Gasteiger partial charge in [-0.15, -0.1) is 5.10 Å². The lowest BCUT2D eigenvalue weighted by Gasteiger charge is -2.18. The summed E-state index contributed by atoms with van der Waals surface area (Å²) < 4.78 is 7.07. The van der Waals surface area contributed by atoms with Crippen LogP contribution in [0, 0.1) is 0 Å². The molecule has 0 aliphatic carbocycles. The Morgan fingerprint density at radius 3 is 3.23 bits per heavy atom. The van der Waals surface area contributed by atoms with E-state index >= 15 is 0 Å². The molecule has 1 aromatic heterocycles. The molecule has 0 bridgehead atoms. The minimum Gasteiger partial charge on any atom is -0.421 e. The maximum atomic E-state index is 5.44. The van der Waals surface area contributed by atoms with Gasteiger partial charge >= 0.3 is 6.01 Å². The van der Waals surface area contributed by atoms with Gasteiger partial charge in [0.1, 0.15) is 6.33 Å². The fourth-order valence-electron chi connectivity index (χ4n) is 1.25. The number of rotatable bonds is 0. The minimum atomic E-state index is 0.457. The van der Waals surface area contributed by atoms with E-state index in [4.69, 9.17) is 4.74 Å². The number of hydrogen-bond acceptors (Lipinski definition) is 4. The van der Waals surface area contributed by atoms with Crippen molar-refractivity contribution in [3.8, 4) is 11.8 Å². The average molecular weight is 174 g/mol. The summed E-state index contributed by atoms with van der Waals surface area (Å²) in [7, 11) is 0. The van der Waals surface area contributed by atoms with E-state index in [0.29, 0.717) is 6.01 Å². The summed E-state index contributed by atoms with van der Waals surface area (Å²) in [5.74, 6) is 0.767. The Bertz CT molecular complexity index is 411. The number of fused-ring (bicyclic) bond motifs is 2. The zero-order valence-corrected chi connectivity index (χ0v) is 6.64. The zero-order chi connectivity index (χ0) is 8.67. The zero-order valence-electron chi connectivity index (χ0n) is 6.64. The largest absolute Gasteiger partial charge is 0.421 e. The van der Waals surface area contributed by atoms with Crippen LogP contribution in [-0.4, -0.2) is 14.9 Å². The van der Waals surface area contributed by atoms with Crippen LogP contribution in [0.15, 0.2) is 30.6 Å². The molecular formula is C8H6N4O. The second-order valence-corrected chi connectivity index (χ2v) is 2.69. The van der Waals surface area contributed by atoms with Crippen LogP contribution in [0.3, 0.4) is 0 Å². The number of para-hydroxylation sites is 2. The number of nitrogens with zero attached hydrogens (tertiary/aromatic N) is 3. The fourth-order valence-corrected chi connectivity index (χ4v) is 1.25. The predicted molar refractivity (Wildman–Crippen MR) is 45.6 cm³/mol. The second-order valence-electron chi connectivity index (χ2n) is 2.69. The highest BCUT2D eigenvalue weighted by Crippen LogP contribution is 2.31. The third-order valence-electron chi connectivity index (χ3n) is 1.85. The van der Waals surface area contributed by atoms with Crippen LogP contribution in [0.4, 0.5) is 5.69 Å². The standard InChI is InChI=1S/C8H6N4O/c1-2-4-7-6(3-1)11-12-5-9-10-8(12)13-7/h1-5,11H. The molecule has 0 unspecified atom stereocenters. The molecule has 1 aliphatic heterocycles. The van der Waals surface area contributed by atoms with E-state index in [1.165, 1.54) is 0 Å². The average Bonchev–Trinajstić information content (AvgIpc) is 2.61. The number of anilines is 1. The van der Waals surface area contributed by atoms with Crippen LogP contribution in [0.25, 0.3) is 0 Å². The van der Waals surface area contributed by atoms with Gasteiger partial charge in [-0.1, -0.05) is 17.2 Å². The molecule has 64 valence electrons. The van der Waals surface area contributed by atoms with Gasteiger partial charge in [-0.3, -0.25) is 5.43 Å². The highest BCUT2D eigenvalue weighted by Gasteiger charge is 2.15. The summed E-state index contributed by atoms with van der Waals surface area (Å²) in [5, 5.41) is 7.50. The lowest BCUT2D eigenvalue weighted by molar-refractivity contribution is 0.414. The molecule has 1 aliphatic rings. The molecule has 5 heteroatoms. The molecule has 2 heterocycles. The van der Waals surface area contributed by atoms with Gasteiger partial charge in [-0.25, -0.2) is 0 Å². The molecule has 0 spiro atoms. The number of nitrogens with one attached hydrogen (secondary N) is 1. The van der Waals surface area contributed by atoms with Gasteiger partial charge in [0.15, 0.2) is 5.75 Å². The highest BCUT2D eigenvalue weighted by molar-refractivity contribution is 5.58. The van der Waals surface area contributed by atoms with E-state index in [1.54, 1.807) is 11.0 Å². The number of ether oxygens (including phenoxy) is 1. The second kappa shape index (κ2) is 2.22. The van der Waals surface area contributed by atoms with Gasteiger partial charge in [-0.2, -0.15) is 4.68 Å². The van der Waals surface area contributed by atoms with Gasteiger partial charge < -0.3 is 4.74 Å². The third-order valence-corrected chi connectivity index (χ3v) is 1.85. The highest BCUT2D eigenvalue weighted by atomic mass is 16.5. The quantitative estimate of drug-likeness (QED) is 0.557. The lowest BCUT2D eigenvalue weighted by Crippen LogP contribution is -2.14. The van der Waals surface area contributed by atoms with Gasteiger partial charge in [0.05, 0.1) is 5.69 Å². The molecule has 3 rings (SSSR count). The first-order chi connectivity index (χ1) is 6.43. The van der Waals surface area contributed by atoms with Crippen LogP contribution in [-0.2, 0) is 0 Å². The molecule has 5 nitrogen and oxygen atoms in total. The van der Waals surface area contributed by atoms with E-state index in [1.807, 2.05) is 24.3 Å². The van der Waals surface area contributed by atoms with Crippen LogP contribution < -0.4 is 10.2 Å². The first kappa shape index (κ1) is 6.47. The van der Waals surface area contributed by atoms with Crippen molar-refractivity contribution in [1.82, 2.24) is 14.9 Å². The summed E-state index contributed by atoms with van der Waals surface area (Å²) in [6.07, 6.45) is 1.56. The van der Waals surface area contributed by atoms with Crippen LogP contribution in [0.5, 0.6) is 11.8 Å². The van der Waals surface area contributed by atoms with Crippen LogP contribution in [0.1, 0.15) is 0 Å². The normalized spacial score (nSPS) is 12.3. The summed E-state index contributed by atoms with van der Waals surface area (Å²) in [5.41, 5.74) is 4.00. The Morgan fingerprint density at radius 2 is 2.23 bits per heavy atom. The van der Waals surface area contributed by atoms with Crippen molar-refractivity contribution < 1.29 is 4.74 Å². The first-order valence-electron chi connectivity index (χ1n) is 3.87. The van der Waals surface area contributed by atoms with Crippen LogP contribution >= 0.6 is 0 Å². The Balaban J connectivity index is 2.14. The number of aromatic nitrogens is 3. The van der Waals surface area contributed by atoms with Crippen molar-refractivity contribution in [3.05, 3.63) is 30.6 Å². The van der Waals surface area contributed by atoms with Crippen LogP contribution in [0.2, 0.25) is 0 Å². The lowest BCUT2D eigenvalue weighted by atomic mass is 10.3. The molecule has 0 atom stereocenters. The Morgan fingerprint density at radius 1 is 1.31 bits per heavy atom. The topological polar surface area (TPSA) is 52.0 Å². The predicted octanol–water partition coefficient (Wildman–Crippen LogP) is 1.26. The maximum absolute atomic E-state index is 5.44. The van der Waals surface area contributed by atoms with Gasteiger partial charge in [-0.05, 0) is 12.1 Å². The Hall–Kier alpha value is -2.04. The third kappa shape index (κ3) is 0.868. The molecular weight excluding hydrogens is 168 g/mol. The van der Waals surface area contributed by atoms with Gasteiger partial charge in [0.2, 0.25) is 0 Å². The Kier molecular flexibility index (Phi) is 1.11. The monoisotopic (exact) mass is 174 g/mol. The summed E-state index contributed by atoms with van der Waals surface area (Å²) >= 11 is 0. The summed E-state index contributed by atoms with van der Waals surface area (Å²) in [4.78, 5) is 0. The van der Waals surface area contributed by atoms with E-state index < -0.39 is 0 Å². The molecule has 1 N–H and O–H groups in total. The van der Waals surface area contributed by atoms with Crippen molar-refractivity contribution in [2.45, 2.75) is 0 Å². The molecule has 1 aromatic carbocycles. The fraction of sp³-hybridized carbons (Fsp3) is 0. The molecule has 0 fully saturated rings. The minimum absolute atomic E-state index is 0.457. The molecule has 0 radical (unpaired) electrons. The maximum Gasteiger partial charge on any atom is 0.342 e. The Labute approximate surface area is 73.9 Å². The van der Waals surface area contributed by atoms with Crippen molar-refractivity contribution in [2.75, 3.05) is 5.43 Å². The van der Waals surface area contributed by atoms with Crippen molar-refractivity contribution in [3.63, 3.8) is 0 Å². The molecule has 2 aromatic rings. The first-order valence-corrected chi connectivity index (χ1v) is 3.87. The molecule has 0 amide bonds. The number of hydrogen-bond donors (Lipinski definition) is 1. The summed E-state index contributed by atoms with van der Waals surface area (Å²) in [6, 6.07) is 8.11. The van der Waals surface area contributed by atoms with Crippen molar-refractivity contribution >= 4 is 5.69 Å². The van der Waals surface area contributed by atoms with E-state index in [2.05, 4.69) is 15.6 Å². The van der Waals surface area contributed by atoms with Crippen molar-refractivity contribution in [2.24, 2.45) is 0 Å². The van der Waals surface area contributed by atoms with E-state index in [9.17, 15) is 0 Å². The van der Waals surface area contributed by atoms with Gasteiger partial charge in [0.25, 0.3) is 0 Å². The smallest absolute Gasteiger partial charge is 0.342 e. The molecule has 13 heavy (non-hydrogen) atoms. The molecule has 0 saturated carbocycles. The number of benzene rings is 1. The summed E-state index contributed by atoms with van der Waals surface area (Å²) in [6.45, 7) is 0. The van der Waals surface area contributed by atoms with Crippen molar-refractivity contribution in [1.29, 1.82) is 0 Å². The van der Waals surface area contributed by atoms with E-state index in [-0.39, 0.29) is 0 Å². The molecule has 0 saturated heterocycles. The van der Waals surface area contributed by atoms with Gasteiger partial charge in [0, 0.05) is 0 Å². The SMILES string of the molecule is c1ccc2c(c1)Nn1cnnc1O2.